The van der Waals surface area contributed by atoms with E-state index in [1.165, 1.54) is 32.1 Å². The van der Waals surface area contributed by atoms with E-state index < -0.39 is 9.84 Å². The van der Waals surface area contributed by atoms with Gasteiger partial charge in [0.05, 0.1) is 23.2 Å². The summed E-state index contributed by atoms with van der Waals surface area (Å²) < 4.78 is 25.8. The molecular formula is C15H25N3O2S. The molecule has 1 unspecified atom stereocenters. The Morgan fingerprint density at radius 2 is 1.95 bits per heavy atom. The van der Waals surface area contributed by atoms with Crippen LogP contribution in [0.4, 0.5) is 5.95 Å². The highest BCUT2D eigenvalue weighted by Gasteiger charge is 2.28. The van der Waals surface area contributed by atoms with Crippen LogP contribution in [0.3, 0.4) is 0 Å². The first-order valence-electron chi connectivity index (χ1n) is 8.06. The van der Waals surface area contributed by atoms with Crippen molar-refractivity contribution in [2.24, 2.45) is 0 Å². The van der Waals surface area contributed by atoms with Gasteiger partial charge in [-0.05, 0) is 32.6 Å². The van der Waals surface area contributed by atoms with E-state index in [1.54, 1.807) is 0 Å². The van der Waals surface area contributed by atoms with Crippen LogP contribution < -0.4 is 5.32 Å². The lowest BCUT2D eigenvalue weighted by Gasteiger charge is -2.28. The third-order valence-corrected chi connectivity index (χ3v) is 6.43. The quantitative estimate of drug-likeness (QED) is 0.932. The van der Waals surface area contributed by atoms with Gasteiger partial charge in [0.25, 0.3) is 0 Å². The van der Waals surface area contributed by atoms with Gasteiger partial charge in [-0.1, -0.05) is 19.3 Å². The van der Waals surface area contributed by atoms with Crippen LogP contribution in [0.2, 0.25) is 0 Å². The topological polar surface area (TPSA) is 64.0 Å². The van der Waals surface area contributed by atoms with Crippen molar-refractivity contribution >= 4 is 15.8 Å². The molecule has 1 N–H and O–H groups in total. The number of hydrogen-bond donors (Lipinski definition) is 1. The molecule has 0 aromatic carbocycles. The predicted octanol–water partition coefficient (Wildman–Crippen LogP) is 2.69. The number of nitrogens with zero attached hydrogens (tertiary/aromatic N) is 2. The largest absolute Gasteiger partial charge is 0.353 e. The second-order valence-corrected chi connectivity index (χ2v) is 8.73. The number of aromatic nitrogens is 2. The molecule has 1 aromatic heterocycles. The highest BCUT2D eigenvalue weighted by molar-refractivity contribution is 7.91. The molecule has 0 bridgehead atoms. The maximum Gasteiger partial charge on any atom is 0.203 e. The molecule has 2 aliphatic rings. The first-order chi connectivity index (χ1) is 10.0. The molecule has 2 heterocycles. The lowest BCUT2D eigenvalue weighted by Crippen LogP contribution is -2.30. The molecule has 1 atom stereocenters. The zero-order valence-corrected chi connectivity index (χ0v) is 13.5. The van der Waals surface area contributed by atoms with Gasteiger partial charge in [0, 0.05) is 12.2 Å². The molecule has 2 fully saturated rings. The van der Waals surface area contributed by atoms with E-state index in [0.29, 0.717) is 11.8 Å². The first-order valence-corrected chi connectivity index (χ1v) is 9.88. The van der Waals surface area contributed by atoms with Crippen molar-refractivity contribution < 1.29 is 8.42 Å². The number of nitrogens with one attached hydrogen (secondary N) is 1. The smallest absolute Gasteiger partial charge is 0.203 e. The number of anilines is 1. The lowest BCUT2D eigenvalue weighted by molar-refractivity contribution is 0.446. The summed E-state index contributed by atoms with van der Waals surface area (Å²) in [5.41, 5.74) is 0.955. The molecule has 118 valence electrons. The van der Waals surface area contributed by atoms with Crippen LogP contribution in [-0.2, 0) is 9.84 Å². The zero-order valence-electron chi connectivity index (χ0n) is 12.7. The van der Waals surface area contributed by atoms with Gasteiger partial charge in [0.15, 0.2) is 9.84 Å². The molecule has 3 rings (SSSR count). The van der Waals surface area contributed by atoms with E-state index in [4.69, 9.17) is 0 Å². The van der Waals surface area contributed by atoms with Crippen molar-refractivity contribution in [2.75, 3.05) is 16.8 Å². The molecular weight excluding hydrogens is 286 g/mol. The average Bonchev–Trinajstić information content (AvgIpc) is 2.80. The van der Waals surface area contributed by atoms with E-state index in [-0.39, 0.29) is 11.8 Å². The molecule has 1 aliphatic carbocycles. The van der Waals surface area contributed by atoms with Crippen LogP contribution in [0, 0.1) is 6.92 Å². The molecule has 0 spiro atoms. The Morgan fingerprint density at radius 1 is 1.19 bits per heavy atom. The van der Waals surface area contributed by atoms with E-state index in [9.17, 15) is 8.42 Å². The fourth-order valence-corrected chi connectivity index (χ4v) is 5.24. The summed E-state index contributed by atoms with van der Waals surface area (Å²) in [5, 5.41) is 3.55. The van der Waals surface area contributed by atoms with E-state index in [0.717, 1.165) is 24.5 Å². The summed E-state index contributed by atoms with van der Waals surface area (Å²) in [6.45, 7) is 1.97. The minimum Gasteiger partial charge on any atom is -0.353 e. The van der Waals surface area contributed by atoms with Gasteiger partial charge in [0.1, 0.15) is 0 Å². The summed E-state index contributed by atoms with van der Waals surface area (Å²) in [5.74, 6) is 1.45. The minimum absolute atomic E-state index is 0.0380. The summed E-state index contributed by atoms with van der Waals surface area (Å²) in [6, 6.07) is 0.524. The fourth-order valence-electron chi connectivity index (χ4n) is 3.55. The minimum atomic E-state index is -2.90. The Kier molecular flexibility index (Phi) is 4.24. The molecule has 21 heavy (non-hydrogen) atoms. The van der Waals surface area contributed by atoms with E-state index in [2.05, 4.69) is 14.9 Å². The third-order valence-electron chi connectivity index (χ3n) is 4.62. The number of sulfone groups is 1. The van der Waals surface area contributed by atoms with Crippen LogP contribution in [0.5, 0.6) is 0 Å². The summed E-state index contributed by atoms with van der Waals surface area (Å²) in [4.78, 5) is 4.58. The highest BCUT2D eigenvalue weighted by atomic mass is 32.2. The Labute approximate surface area is 127 Å². The van der Waals surface area contributed by atoms with Gasteiger partial charge in [-0.3, -0.25) is 0 Å². The van der Waals surface area contributed by atoms with Crippen LogP contribution in [0.15, 0.2) is 6.20 Å². The van der Waals surface area contributed by atoms with Gasteiger partial charge in [0.2, 0.25) is 5.95 Å². The zero-order chi connectivity index (χ0) is 14.9. The van der Waals surface area contributed by atoms with Crippen LogP contribution >= 0.6 is 0 Å². The van der Waals surface area contributed by atoms with E-state index in [1.807, 2.05) is 13.1 Å². The van der Waals surface area contributed by atoms with Gasteiger partial charge in [-0.25, -0.2) is 13.4 Å². The van der Waals surface area contributed by atoms with Crippen molar-refractivity contribution in [2.45, 2.75) is 64.0 Å². The number of imidazole rings is 1. The SMILES string of the molecule is Cc1cn(C2CCCS(=O)(=O)C2)c(NC2CCCCC2)n1. The van der Waals surface area contributed by atoms with Crippen LogP contribution in [0.25, 0.3) is 0 Å². The highest BCUT2D eigenvalue weighted by Crippen LogP contribution is 2.28. The predicted molar refractivity (Wildman–Crippen MR) is 84.4 cm³/mol. The van der Waals surface area contributed by atoms with Crippen molar-refractivity contribution in [1.82, 2.24) is 9.55 Å². The first kappa shape index (κ1) is 14.9. The van der Waals surface area contributed by atoms with Gasteiger partial charge >= 0.3 is 0 Å². The molecule has 0 radical (unpaired) electrons. The van der Waals surface area contributed by atoms with Crippen molar-refractivity contribution in [3.8, 4) is 0 Å². The van der Waals surface area contributed by atoms with Crippen LogP contribution in [-0.4, -0.2) is 35.5 Å². The standard InChI is InChI=1S/C15H25N3O2S/c1-12-10-18(14-8-5-9-21(19,20)11-14)15(16-12)17-13-6-3-2-4-7-13/h10,13-14H,2-9,11H2,1H3,(H,16,17). The number of rotatable bonds is 3. The summed E-state index contributed by atoms with van der Waals surface area (Å²) >= 11 is 0. The van der Waals surface area contributed by atoms with Crippen molar-refractivity contribution in [3.05, 3.63) is 11.9 Å². The summed E-state index contributed by atoms with van der Waals surface area (Å²) in [6.07, 6.45) is 9.93. The normalized spacial score (nSPS) is 26.6. The second kappa shape index (κ2) is 5.99. The van der Waals surface area contributed by atoms with Crippen molar-refractivity contribution in [1.29, 1.82) is 0 Å². The molecule has 5 nitrogen and oxygen atoms in total. The molecule has 1 aliphatic heterocycles. The van der Waals surface area contributed by atoms with Crippen molar-refractivity contribution in [3.63, 3.8) is 0 Å². The molecule has 6 heteroatoms. The van der Waals surface area contributed by atoms with Gasteiger partial charge < -0.3 is 9.88 Å². The maximum atomic E-state index is 11.9. The molecule has 1 saturated carbocycles. The second-order valence-electron chi connectivity index (χ2n) is 6.50. The lowest BCUT2D eigenvalue weighted by atomic mass is 9.96. The Bertz CT molecular complexity index is 588. The van der Waals surface area contributed by atoms with Gasteiger partial charge in [-0.2, -0.15) is 0 Å². The Hall–Kier alpha value is -1.04. The molecule has 1 saturated heterocycles. The van der Waals surface area contributed by atoms with Gasteiger partial charge in [-0.15, -0.1) is 0 Å². The monoisotopic (exact) mass is 311 g/mol. The molecule has 1 aromatic rings. The number of hydrogen-bond acceptors (Lipinski definition) is 4. The maximum absolute atomic E-state index is 11.9. The molecule has 0 amide bonds. The van der Waals surface area contributed by atoms with E-state index >= 15 is 0 Å². The Morgan fingerprint density at radius 3 is 2.67 bits per heavy atom. The number of aryl methyl sites for hydroxylation is 1. The fraction of sp³-hybridized carbons (Fsp3) is 0.800. The summed E-state index contributed by atoms with van der Waals surface area (Å²) in [7, 11) is -2.90. The Balaban J connectivity index is 1.78. The average molecular weight is 311 g/mol. The van der Waals surface area contributed by atoms with Crippen LogP contribution in [0.1, 0.15) is 56.7 Å². The third kappa shape index (κ3) is 3.59.